The van der Waals surface area contributed by atoms with Crippen molar-refractivity contribution in [1.29, 1.82) is 0 Å². The van der Waals surface area contributed by atoms with E-state index < -0.39 is 4.92 Å². The molecule has 1 amide bonds. The Bertz CT molecular complexity index is 474. The van der Waals surface area contributed by atoms with Crippen LogP contribution in [0.25, 0.3) is 0 Å². The zero-order valence-corrected chi connectivity index (χ0v) is 11.9. The van der Waals surface area contributed by atoms with Crippen LogP contribution in [-0.4, -0.2) is 41.9 Å². The van der Waals surface area contributed by atoms with Crippen LogP contribution in [0.4, 0.5) is 5.69 Å². The summed E-state index contributed by atoms with van der Waals surface area (Å²) in [7, 11) is 0. The first-order chi connectivity index (χ1) is 9.18. The van der Waals surface area contributed by atoms with Crippen LogP contribution in [0.3, 0.4) is 0 Å². The van der Waals surface area contributed by atoms with E-state index in [-0.39, 0.29) is 30.4 Å². The third-order valence-electron chi connectivity index (χ3n) is 3.22. The standard InChI is InChI=1S/C13H17N3O3.ClH/c17-13(15-8-3-6-14-7-9-15)10-11-4-1-2-5-12(11)16(18)19;/h1-2,4-5,14H,3,6-10H2;1H. The lowest BCUT2D eigenvalue weighted by molar-refractivity contribution is -0.385. The minimum atomic E-state index is -0.438. The summed E-state index contributed by atoms with van der Waals surface area (Å²) < 4.78 is 0. The molecule has 0 aromatic heterocycles. The van der Waals surface area contributed by atoms with Gasteiger partial charge in [-0.15, -0.1) is 12.4 Å². The van der Waals surface area contributed by atoms with Crippen LogP contribution >= 0.6 is 12.4 Å². The highest BCUT2D eigenvalue weighted by Gasteiger charge is 2.20. The number of para-hydroxylation sites is 1. The van der Waals surface area contributed by atoms with E-state index in [0.717, 1.165) is 19.5 Å². The van der Waals surface area contributed by atoms with E-state index in [4.69, 9.17) is 0 Å². The number of halogens is 1. The van der Waals surface area contributed by atoms with Crippen LogP contribution in [0.1, 0.15) is 12.0 Å². The van der Waals surface area contributed by atoms with E-state index in [1.807, 2.05) is 0 Å². The van der Waals surface area contributed by atoms with Crippen LogP contribution in [-0.2, 0) is 11.2 Å². The van der Waals surface area contributed by atoms with Crippen LogP contribution < -0.4 is 5.32 Å². The van der Waals surface area contributed by atoms with Gasteiger partial charge in [0.1, 0.15) is 0 Å². The fourth-order valence-electron chi connectivity index (χ4n) is 2.21. The quantitative estimate of drug-likeness (QED) is 0.676. The van der Waals surface area contributed by atoms with Crippen LogP contribution in [0, 0.1) is 10.1 Å². The van der Waals surface area contributed by atoms with Crippen molar-refractivity contribution in [2.45, 2.75) is 12.8 Å². The maximum atomic E-state index is 12.2. The Balaban J connectivity index is 0.00000200. The molecule has 1 aliphatic rings. The number of carbonyl (C=O) groups excluding carboxylic acids is 1. The van der Waals surface area contributed by atoms with E-state index >= 15 is 0 Å². The summed E-state index contributed by atoms with van der Waals surface area (Å²) in [5, 5.41) is 14.1. The summed E-state index contributed by atoms with van der Waals surface area (Å²) in [4.78, 5) is 24.4. The van der Waals surface area contributed by atoms with Crippen molar-refractivity contribution in [3.05, 3.63) is 39.9 Å². The summed E-state index contributed by atoms with van der Waals surface area (Å²) >= 11 is 0. The van der Waals surface area contributed by atoms with Crippen molar-refractivity contribution in [3.63, 3.8) is 0 Å². The second-order valence-electron chi connectivity index (χ2n) is 4.55. The predicted octanol–water partition coefficient (Wildman–Crippen LogP) is 1.38. The Hall–Kier alpha value is -1.66. The molecule has 1 aliphatic heterocycles. The highest BCUT2D eigenvalue weighted by molar-refractivity contribution is 5.85. The molecule has 20 heavy (non-hydrogen) atoms. The fraction of sp³-hybridized carbons (Fsp3) is 0.462. The van der Waals surface area contributed by atoms with Gasteiger partial charge in [-0.25, -0.2) is 0 Å². The van der Waals surface area contributed by atoms with Gasteiger partial charge in [0, 0.05) is 31.3 Å². The van der Waals surface area contributed by atoms with Crippen LogP contribution in [0.5, 0.6) is 0 Å². The van der Waals surface area contributed by atoms with Crippen molar-refractivity contribution in [2.75, 3.05) is 26.2 Å². The Morgan fingerprint density at radius 3 is 2.80 bits per heavy atom. The Morgan fingerprint density at radius 2 is 2.05 bits per heavy atom. The lowest BCUT2D eigenvalue weighted by Crippen LogP contribution is -2.35. The Kier molecular flexibility index (Phi) is 6.41. The number of nitro benzene ring substituents is 1. The number of nitrogens with one attached hydrogen (secondary N) is 1. The topological polar surface area (TPSA) is 75.5 Å². The molecular formula is C13H18ClN3O3. The summed E-state index contributed by atoms with van der Waals surface area (Å²) in [5.41, 5.74) is 0.499. The zero-order chi connectivity index (χ0) is 13.7. The lowest BCUT2D eigenvalue weighted by Gasteiger charge is -2.19. The predicted molar refractivity (Wildman–Crippen MR) is 78.1 cm³/mol. The van der Waals surface area contributed by atoms with Gasteiger partial charge in [0.05, 0.1) is 11.3 Å². The molecule has 0 saturated carbocycles. The number of nitrogens with zero attached hydrogens (tertiary/aromatic N) is 2. The van der Waals surface area contributed by atoms with E-state index in [2.05, 4.69) is 5.32 Å². The summed E-state index contributed by atoms with van der Waals surface area (Å²) in [6.07, 6.45) is 1.01. The first-order valence-corrected chi connectivity index (χ1v) is 6.39. The second kappa shape index (κ2) is 7.81. The normalized spacial score (nSPS) is 15.1. The van der Waals surface area contributed by atoms with Crippen molar-refractivity contribution in [1.82, 2.24) is 10.2 Å². The van der Waals surface area contributed by atoms with Crippen molar-refractivity contribution in [3.8, 4) is 0 Å². The summed E-state index contributed by atoms with van der Waals surface area (Å²) in [5.74, 6) is -0.0435. The zero-order valence-electron chi connectivity index (χ0n) is 11.1. The SMILES string of the molecule is Cl.O=C(Cc1ccccc1[N+](=O)[O-])N1CCCNCC1. The molecule has 0 spiro atoms. The van der Waals surface area contributed by atoms with E-state index in [0.29, 0.717) is 18.7 Å². The third-order valence-corrected chi connectivity index (χ3v) is 3.22. The van der Waals surface area contributed by atoms with Gasteiger partial charge < -0.3 is 10.2 Å². The van der Waals surface area contributed by atoms with Crippen LogP contribution in [0.15, 0.2) is 24.3 Å². The smallest absolute Gasteiger partial charge is 0.273 e. The van der Waals surface area contributed by atoms with Crippen molar-refractivity contribution < 1.29 is 9.72 Å². The fourth-order valence-corrected chi connectivity index (χ4v) is 2.21. The molecule has 1 aromatic rings. The highest BCUT2D eigenvalue weighted by Crippen LogP contribution is 2.18. The van der Waals surface area contributed by atoms with E-state index in [1.54, 1.807) is 23.1 Å². The number of rotatable bonds is 3. The molecule has 1 aromatic carbocycles. The minimum Gasteiger partial charge on any atom is -0.341 e. The Labute approximate surface area is 123 Å². The maximum Gasteiger partial charge on any atom is 0.273 e. The molecule has 110 valence electrons. The molecule has 6 nitrogen and oxygen atoms in total. The number of hydrogen-bond donors (Lipinski definition) is 1. The van der Waals surface area contributed by atoms with Gasteiger partial charge in [-0.3, -0.25) is 14.9 Å². The second-order valence-corrected chi connectivity index (χ2v) is 4.55. The minimum absolute atomic E-state index is 0. The monoisotopic (exact) mass is 299 g/mol. The third kappa shape index (κ3) is 4.18. The highest BCUT2D eigenvalue weighted by atomic mass is 35.5. The average molecular weight is 300 g/mol. The van der Waals surface area contributed by atoms with Gasteiger partial charge in [-0.2, -0.15) is 0 Å². The maximum absolute atomic E-state index is 12.2. The molecule has 1 fully saturated rings. The molecule has 0 atom stereocenters. The van der Waals surface area contributed by atoms with E-state index in [1.165, 1.54) is 6.07 Å². The number of nitro groups is 1. The van der Waals surface area contributed by atoms with Gasteiger partial charge in [0.2, 0.25) is 5.91 Å². The molecule has 2 rings (SSSR count). The first-order valence-electron chi connectivity index (χ1n) is 6.39. The molecular weight excluding hydrogens is 282 g/mol. The van der Waals surface area contributed by atoms with Crippen molar-refractivity contribution in [2.24, 2.45) is 0 Å². The largest absolute Gasteiger partial charge is 0.341 e. The molecule has 7 heteroatoms. The van der Waals surface area contributed by atoms with Gasteiger partial charge >= 0.3 is 0 Å². The molecule has 1 heterocycles. The molecule has 0 bridgehead atoms. The number of benzene rings is 1. The number of hydrogen-bond acceptors (Lipinski definition) is 4. The molecule has 0 aliphatic carbocycles. The number of carbonyl (C=O) groups is 1. The molecule has 0 radical (unpaired) electrons. The Morgan fingerprint density at radius 1 is 1.30 bits per heavy atom. The molecule has 1 saturated heterocycles. The summed E-state index contributed by atoms with van der Waals surface area (Å²) in [6.45, 7) is 3.07. The number of amides is 1. The van der Waals surface area contributed by atoms with Gasteiger partial charge in [-0.1, -0.05) is 18.2 Å². The molecule has 0 unspecified atom stereocenters. The van der Waals surface area contributed by atoms with Crippen LogP contribution in [0.2, 0.25) is 0 Å². The summed E-state index contributed by atoms with van der Waals surface area (Å²) in [6, 6.07) is 6.42. The van der Waals surface area contributed by atoms with E-state index in [9.17, 15) is 14.9 Å². The van der Waals surface area contributed by atoms with Gasteiger partial charge in [0.15, 0.2) is 0 Å². The lowest BCUT2D eigenvalue weighted by atomic mass is 10.1. The first kappa shape index (κ1) is 16.4. The van der Waals surface area contributed by atoms with Gasteiger partial charge in [-0.05, 0) is 13.0 Å². The van der Waals surface area contributed by atoms with Crippen molar-refractivity contribution >= 4 is 24.0 Å². The molecule has 1 N–H and O–H groups in total. The van der Waals surface area contributed by atoms with Gasteiger partial charge in [0.25, 0.3) is 5.69 Å². The average Bonchev–Trinajstić information content (AvgIpc) is 2.68.